The van der Waals surface area contributed by atoms with Gasteiger partial charge in [-0.3, -0.25) is 4.79 Å². The van der Waals surface area contributed by atoms with E-state index in [0.717, 1.165) is 13.0 Å². The molecule has 1 aromatic carbocycles. The summed E-state index contributed by atoms with van der Waals surface area (Å²) in [7, 11) is 0. The minimum Gasteiger partial charge on any atom is -0.466 e. The fourth-order valence-electron chi connectivity index (χ4n) is 1.64. The summed E-state index contributed by atoms with van der Waals surface area (Å²) in [6.45, 7) is 5.14. The first kappa shape index (κ1) is 13.7. The van der Waals surface area contributed by atoms with Crippen LogP contribution in [0.3, 0.4) is 0 Å². The van der Waals surface area contributed by atoms with Crippen molar-refractivity contribution in [3.63, 3.8) is 0 Å². The van der Waals surface area contributed by atoms with Gasteiger partial charge in [0.15, 0.2) is 0 Å². The first-order valence-electron chi connectivity index (χ1n) is 6.19. The topological polar surface area (TPSA) is 38.3 Å². The Morgan fingerprint density at radius 3 is 2.59 bits per heavy atom. The number of rotatable bonds is 7. The van der Waals surface area contributed by atoms with Crippen molar-refractivity contribution in [2.24, 2.45) is 0 Å². The minimum atomic E-state index is -0.125. The zero-order chi connectivity index (χ0) is 12.5. The summed E-state index contributed by atoms with van der Waals surface area (Å²) >= 11 is 0. The molecule has 94 valence electrons. The molecule has 0 aromatic heterocycles. The Kier molecular flexibility index (Phi) is 6.33. The van der Waals surface area contributed by atoms with Gasteiger partial charge in [-0.05, 0) is 18.9 Å². The van der Waals surface area contributed by atoms with Crippen LogP contribution in [0.4, 0.5) is 0 Å². The molecular weight excluding hydrogens is 214 g/mol. The third-order valence-corrected chi connectivity index (χ3v) is 2.65. The maximum atomic E-state index is 11.4. The zero-order valence-electron chi connectivity index (χ0n) is 10.6. The van der Waals surface area contributed by atoms with Crippen LogP contribution < -0.4 is 5.32 Å². The van der Waals surface area contributed by atoms with E-state index in [9.17, 15) is 4.79 Å². The van der Waals surface area contributed by atoms with Crippen LogP contribution >= 0.6 is 0 Å². The first-order valence-corrected chi connectivity index (χ1v) is 6.19. The van der Waals surface area contributed by atoms with Gasteiger partial charge in [-0.2, -0.15) is 0 Å². The largest absolute Gasteiger partial charge is 0.466 e. The molecular formula is C14H21NO2. The van der Waals surface area contributed by atoms with Crippen LogP contribution in [0.5, 0.6) is 0 Å². The van der Waals surface area contributed by atoms with Crippen LogP contribution in [0.1, 0.15) is 32.3 Å². The van der Waals surface area contributed by atoms with Gasteiger partial charge in [0.05, 0.1) is 13.0 Å². The quantitative estimate of drug-likeness (QED) is 0.738. The third-order valence-electron chi connectivity index (χ3n) is 2.65. The molecule has 1 rings (SSSR count). The third kappa shape index (κ3) is 5.50. The molecule has 0 aliphatic heterocycles. The van der Waals surface area contributed by atoms with Crippen LogP contribution in [-0.2, 0) is 16.1 Å². The van der Waals surface area contributed by atoms with Crippen molar-refractivity contribution < 1.29 is 9.53 Å². The first-order chi connectivity index (χ1) is 8.26. The van der Waals surface area contributed by atoms with Gasteiger partial charge >= 0.3 is 5.97 Å². The summed E-state index contributed by atoms with van der Waals surface area (Å²) in [6, 6.07) is 10.4. The molecule has 1 aromatic rings. The van der Waals surface area contributed by atoms with Crippen molar-refractivity contribution in [3.8, 4) is 0 Å². The Bertz CT molecular complexity index is 324. The van der Waals surface area contributed by atoms with Gasteiger partial charge in [0.25, 0.3) is 0 Å². The van der Waals surface area contributed by atoms with Crippen LogP contribution in [0, 0.1) is 0 Å². The number of ether oxygens (including phenoxy) is 1. The monoisotopic (exact) mass is 235 g/mol. The van der Waals surface area contributed by atoms with Crippen molar-refractivity contribution >= 4 is 5.97 Å². The SMILES string of the molecule is CCOC(=O)CC(CC)NCc1ccccc1. The lowest BCUT2D eigenvalue weighted by atomic mass is 10.1. The maximum Gasteiger partial charge on any atom is 0.307 e. The second-order valence-electron chi connectivity index (χ2n) is 3.98. The number of hydrogen-bond donors (Lipinski definition) is 1. The molecule has 0 saturated heterocycles. The van der Waals surface area contributed by atoms with Crippen LogP contribution in [0.15, 0.2) is 30.3 Å². The number of carbonyl (C=O) groups excluding carboxylic acids is 1. The highest BCUT2D eigenvalue weighted by Gasteiger charge is 2.11. The molecule has 1 N–H and O–H groups in total. The molecule has 17 heavy (non-hydrogen) atoms. The molecule has 0 radical (unpaired) electrons. The molecule has 0 saturated carbocycles. The average molecular weight is 235 g/mol. The molecule has 0 aliphatic carbocycles. The molecule has 0 aliphatic rings. The zero-order valence-corrected chi connectivity index (χ0v) is 10.6. The molecule has 1 unspecified atom stereocenters. The predicted octanol–water partition coefficient (Wildman–Crippen LogP) is 2.51. The van der Waals surface area contributed by atoms with Crippen LogP contribution in [0.25, 0.3) is 0 Å². The number of nitrogens with one attached hydrogen (secondary N) is 1. The van der Waals surface area contributed by atoms with Gasteiger partial charge < -0.3 is 10.1 Å². The fraction of sp³-hybridized carbons (Fsp3) is 0.500. The smallest absolute Gasteiger partial charge is 0.307 e. The number of carbonyl (C=O) groups is 1. The fourth-order valence-corrected chi connectivity index (χ4v) is 1.64. The highest BCUT2D eigenvalue weighted by Crippen LogP contribution is 2.03. The molecule has 3 heteroatoms. The normalized spacial score (nSPS) is 12.1. The lowest BCUT2D eigenvalue weighted by Crippen LogP contribution is -2.31. The van der Waals surface area contributed by atoms with Gasteiger partial charge in [0.1, 0.15) is 0 Å². The second-order valence-corrected chi connectivity index (χ2v) is 3.98. The summed E-state index contributed by atoms with van der Waals surface area (Å²) in [5, 5.41) is 3.37. The molecule has 3 nitrogen and oxygen atoms in total. The standard InChI is InChI=1S/C14H21NO2/c1-3-13(10-14(16)17-4-2)15-11-12-8-6-5-7-9-12/h5-9,13,15H,3-4,10-11H2,1-2H3. The van der Waals surface area contributed by atoms with Gasteiger partial charge in [0.2, 0.25) is 0 Å². The van der Waals surface area contributed by atoms with Gasteiger partial charge in [0, 0.05) is 12.6 Å². The average Bonchev–Trinajstić information content (AvgIpc) is 2.36. The van der Waals surface area contributed by atoms with Crippen molar-refractivity contribution in [1.29, 1.82) is 0 Å². The Balaban J connectivity index is 2.34. The van der Waals surface area contributed by atoms with Crippen molar-refractivity contribution in [3.05, 3.63) is 35.9 Å². The molecule has 0 spiro atoms. The highest BCUT2D eigenvalue weighted by atomic mass is 16.5. The van der Waals surface area contributed by atoms with E-state index >= 15 is 0 Å². The van der Waals surface area contributed by atoms with Crippen molar-refractivity contribution in [1.82, 2.24) is 5.32 Å². The van der Waals surface area contributed by atoms with Gasteiger partial charge in [-0.25, -0.2) is 0 Å². The van der Waals surface area contributed by atoms with E-state index in [1.165, 1.54) is 5.56 Å². The number of esters is 1. The Hall–Kier alpha value is -1.35. The molecule has 0 fully saturated rings. The lowest BCUT2D eigenvalue weighted by molar-refractivity contribution is -0.143. The second kappa shape index (κ2) is 7.85. The van der Waals surface area contributed by atoms with E-state index in [1.54, 1.807) is 0 Å². The molecule has 0 amide bonds. The van der Waals surface area contributed by atoms with E-state index in [0.29, 0.717) is 13.0 Å². The maximum absolute atomic E-state index is 11.4. The van der Waals surface area contributed by atoms with E-state index in [1.807, 2.05) is 25.1 Å². The van der Waals surface area contributed by atoms with Gasteiger partial charge in [-0.15, -0.1) is 0 Å². The van der Waals surface area contributed by atoms with Gasteiger partial charge in [-0.1, -0.05) is 37.3 Å². The molecule has 1 atom stereocenters. The minimum absolute atomic E-state index is 0.125. The summed E-state index contributed by atoms with van der Waals surface area (Å²) in [5.74, 6) is -0.125. The summed E-state index contributed by atoms with van der Waals surface area (Å²) in [5.41, 5.74) is 1.23. The molecule has 0 heterocycles. The van der Waals surface area contributed by atoms with E-state index in [2.05, 4.69) is 24.4 Å². The number of benzene rings is 1. The summed E-state index contributed by atoms with van der Waals surface area (Å²) in [6.07, 6.45) is 1.36. The Morgan fingerprint density at radius 2 is 2.00 bits per heavy atom. The van der Waals surface area contributed by atoms with Crippen molar-refractivity contribution in [2.75, 3.05) is 6.61 Å². The highest BCUT2D eigenvalue weighted by molar-refractivity contribution is 5.70. The predicted molar refractivity (Wildman–Crippen MR) is 68.6 cm³/mol. The van der Waals surface area contributed by atoms with Crippen LogP contribution in [-0.4, -0.2) is 18.6 Å². The van der Waals surface area contributed by atoms with Crippen molar-refractivity contribution in [2.45, 2.75) is 39.3 Å². The summed E-state index contributed by atoms with van der Waals surface area (Å²) in [4.78, 5) is 11.4. The van der Waals surface area contributed by atoms with Crippen LogP contribution in [0.2, 0.25) is 0 Å². The lowest BCUT2D eigenvalue weighted by Gasteiger charge is -2.16. The van der Waals surface area contributed by atoms with E-state index in [4.69, 9.17) is 4.74 Å². The van der Waals surface area contributed by atoms with E-state index in [-0.39, 0.29) is 12.0 Å². The number of hydrogen-bond acceptors (Lipinski definition) is 3. The molecule has 0 bridgehead atoms. The Morgan fingerprint density at radius 1 is 1.29 bits per heavy atom. The Labute approximate surface area is 103 Å². The summed E-state index contributed by atoms with van der Waals surface area (Å²) < 4.78 is 4.95. The van der Waals surface area contributed by atoms with E-state index < -0.39 is 0 Å².